The van der Waals surface area contributed by atoms with Gasteiger partial charge >= 0.3 is 0 Å². The summed E-state index contributed by atoms with van der Waals surface area (Å²) in [5.41, 5.74) is 4.11. The third kappa shape index (κ3) is 4.86. The minimum absolute atomic E-state index is 0.0366. The van der Waals surface area contributed by atoms with E-state index in [-0.39, 0.29) is 5.91 Å². The maximum Gasteiger partial charge on any atom is 0.224 e. The Morgan fingerprint density at radius 2 is 1.79 bits per heavy atom. The second kappa shape index (κ2) is 8.84. The van der Waals surface area contributed by atoms with Crippen LogP contribution in [0.15, 0.2) is 36.4 Å². The van der Waals surface area contributed by atoms with Gasteiger partial charge in [-0.3, -0.25) is 4.79 Å². The van der Waals surface area contributed by atoms with Crippen molar-refractivity contribution in [3.63, 3.8) is 0 Å². The smallest absolute Gasteiger partial charge is 0.224 e. The zero-order valence-electron chi connectivity index (χ0n) is 16.2. The molecule has 0 atom stereocenters. The Hall–Kier alpha value is -2.93. The molecule has 7 nitrogen and oxygen atoms in total. The average Bonchev–Trinajstić information content (AvgIpc) is 2.95. The molecule has 0 aliphatic heterocycles. The van der Waals surface area contributed by atoms with Crippen LogP contribution < -0.4 is 10.6 Å². The lowest BCUT2D eigenvalue weighted by atomic mass is 10.1. The van der Waals surface area contributed by atoms with Crippen molar-refractivity contribution in [1.29, 1.82) is 0 Å². The molecule has 0 saturated heterocycles. The highest BCUT2D eigenvalue weighted by molar-refractivity contribution is 6.30. The van der Waals surface area contributed by atoms with Gasteiger partial charge in [-0.15, -0.1) is 10.2 Å². The van der Waals surface area contributed by atoms with Gasteiger partial charge in [0.05, 0.1) is 12.1 Å². The Morgan fingerprint density at radius 3 is 2.39 bits per heavy atom. The van der Waals surface area contributed by atoms with Crippen LogP contribution in [0.2, 0.25) is 5.02 Å². The first-order chi connectivity index (χ1) is 13.4. The lowest BCUT2D eigenvalue weighted by Crippen LogP contribution is -2.30. The second-order valence-corrected chi connectivity index (χ2v) is 7.00. The fraction of sp³-hybridized carbons (Fsp3) is 0.300. The second-order valence-electron chi connectivity index (χ2n) is 6.56. The van der Waals surface area contributed by atoms with Crippen molar-refractivity contribution in [2.24, 2.45) is 0 Å². The monoisotopic (exact) mass is 398 g/mol. The summed E-state index contributed by atoms with van der Waals surface area (Å²) < 4.78 is 1.79. The number of aromatic nitrogens is 4. The van der Waals surface area contributed by atoms with E-state index in [0.29, 0.717) is 36.2 Å². The van der Waals surface area contributed by atoms with Crippen molar-refractivity contribution in [3.05, 3.63) is 63.9 Å². The van der Waals surface area contributed by atoms with Crippen LogP contribution in [0.1, 0.15) is 22.5 Å². The van der Waals surface area contributed by atoms with Gasteiger partial charge < -0.3 is 10.6 Å². The lowest BCUT2D eigenvalue weighted by Gasteiger charge is -2.08. The van der Waals surface area contributed by atoms with Crippen molar-refractivity contribution < 1.29 is 4.79 Å². The summed E-state index contributed by atoms with van der Waals surface area (Å²) in [5.74, 6) is 1.29. The Balaban J connectivity index is 1.45. The fourth-order valence-electron chi connectivity index (χ4n) is 2.72. The molecule has 0 radical (unpaired) electrons. The number of anilines is 1. The predicted octanol–water partition coefficient (Wildman–Crippen LogP) is 3.01. The van der Waals surface area contributed by atoms with E-state index < -0.39 is 0 Å². The molecule has 8 heteroatoms. The number of carbonyl (C=O) groups excluding carboxylic acids is 1. The number of nitrogens with one attached hydrogen (secondary N) is 2. The molecule has 0 aliphatic carbocycles. The largest absolute Gasteiger partial charge is 0.367 e. The number of hydrogen-bond donors (Lipinski definition) is 2. The number of amides is 1. The van der Waals surface area contributed by atoms with E-state index in [4.69, 9.17) is 11.6 Å². The molecule has 0 saturated carbocycles. The van der Waals surface area contributed by atoms with Crippen LogP contribution in [-0.2, 0) is 11.2 Å². The van der Waals surface area contributed by atoms with Crippen molar-refractivity contribution >= 4 is 23.3 Å². The van der Waals surface area contributed by atoms with Crippen LogP contribution in [0, 0.1) is 20.8 Å². The molecular weight excluding hydrogens is 376 g/mol. The van der Waals surface area contributed by atoms with Crippen LogP contribution in [0.4, 0.5) is 5.82 Å². The number of aryl methyl sites for hydroxylation is 1. The molecule has 2 aromatic heterocycles. The molecule has 2 N–H and O–H groups in total. The van der Waals surface area contributed by atoms with Crippen LogP contribution in [0.3, 0.4) is 0 Å². The first-order valence-corrected chi connectivity index (χ1v) is 9.44. The molecule has 0 aliphatic rings. The van der Waals surface area contributed by atoms with Gasteiger partial charge in [-0.2, -0.15) is 5.10 Å². The molecule has 0 fully saturated rings. The number of carbonyl (C=O) groups is 1. The van der Waals surface area contributed by atoms with E-state index in [0.717, 1.165) is 22.5 Å². The van der Waals surface area contributed by atoms with E-state index in [1.54, 1.807) is 16.8 Å². The Kier molecular flexibility index (Phi) is 6.26. The van der Waals surface area contributed by atoms with Crippen molar-refractivity contribution in [1.82, 2.24) is 25.3 Å². The summed E-state index contributed by atoms with van der Waals surface area (Å²) in [6.07, 6.45) is 0.327. The number of benzene rings is 1. The van der Waals surface area contributed by atoms with E-state index in [2.05, 4.69) is 25.9 Å². The average molecular weight is 399 g/mol. The van der Waals surface area contributed by atoms with Crippen LogP contribution >= 0.6 is 11.6 Å². The molecule has 3 aromatic rings. The lowest BCUT2D eigenvalue weighted by molar-refractivity contribution is -0.120. The zero-order chi connectivity index (χ0) is 20.1. The summed E-state index contributed by atoms with van der Waals surface area (Å²) in [6, 6.07) is 11.0. The van der Waals surface area contributed by atoms with Crippen molar-refractivity contribution in [2.75, 3.05) is 18.4 Å². The highest BCUT2D eigenvalue weighted by atomic mass is 35.5. The molecule has 2 heterocycles. The van der Waals surface area contributed by atoms with Crippen LogP contribution in [0.25, 0.3) is 5.82 Å². The van der Waals surface area contributed by atoms with E-state index in [1.807, 2.05) is 45.0 Å². The van der Waals surface area contributed by atoms with Gasteiger partial charge in [-0.05, 0) is 56.2 Å². The van der Waals surface area contributed by atoms with Crippen molar-refractivity contribution in [3.8, 4) is 5.82 Å². The number of hydrogen-bond acceptors (Lipinski definition) is 5. The Morgan fingerprint density at radius 1 is 1.04 bits per heavy atom. The number of rotatable bonds is 7. The minimum atomic E-state index is -0.0366. The zero-order valence-corrected chi connectivity index (χ0v) is 16.9. The molecule has 0 spiro atoms. The van der Waals surface area contributed by atoms with Gasteiger partial charge in [0.25, 0.3) is 0 Å². The van der Waals surface area contributed by atoms with Crippen molar-refractivity contribution in [2.45, 2.75) is 27.2 Å². The SMILES string of the molecule is Cc1nn(-c2ccc(NCCNC(=O)Cc3ccc(Cl)cc3)nn2)c(C)c1C. The molecule has 1 aromatic carbocycles. The van der Waals surface area contributed by atoms with Gasteiger partial charge in [0, 0.05) is 23.8 Å². The highest BCUT2D eigenvalue weighted by Crippen LogP contribution is 2.15. The van der Waals surface area contributed by atoms with Gasteiger partial charge in [-0.1, -0.05) is 23.7 Å². The quantitative estimate of drug-likeness (QED) is 0.597. The van der Waals surface area contributed by atoms with Crippen LogP contribution in [0.5, 0.6) is 0 Å². The van der Waals surface area contributed by atoms with E-state index in [9.17, 15) is 4.79 Å². The molecule has 28 heavy (non-hydrogen) atoms. The molecule has 0 unspecified atom stereocenters. The summed E-state index contributed by atoms with van der Waals surface area (Å²) in [6.45, 7) is 7.07. The summed E-state index contributed by atoms with van der Waals surface area (Å²) in [7, 11) is 0. The topological polar surface area (TPSA) is 84.7 Å². The summed E-state index contributed by atoms with van der Waals surface area (Å²) in [4.78, 5) is 12.0. The third-order valence-electron chi connectivity index (χ3n) is 4.55. The molecule has 3 rings (SSSR count). The first-order valence-electron chi connectivity index (χ1n) is 9.06. The van der Waals surface area contributed by atoms with Gasteiger partial charge in [0.1, 0.15) is 5.82 Å². The van der Waals surface area contributed by atoms with E-state index >= 15 is 0 Å². The van der Waals surface area contributed by atoms with Gasteiger partial charge in [-0.25, -0.2) is 4.68 Å². The third-order valence-corrected chi connectivity index (χ3v) is 4.80. The minimum Gasteiger partial charge on any atom is -0.367 e. The standard InChI is InChI=1S/C20H23ClN6O/c1-13-14(2)26-27(15(13)3)19-9-8-18(24-25-19)22-10-11-23-20(28)12-16-4-6-17(21)7-5-16/h4-9H,10-12H2,1-3H3,(H,22,24)(H,23,28). The Bertz CT molecular complexity index is 950. The number of nitrogens with zero attached hydrogens (tertiary/aromatic N) is 4. The maximum absolute atomic E-state index is 12.0. The van der Waals surface area contributed by atoms with E-state index in [1.165, 1.54) is 0 Å². The summed E-state index contributed by atoms with van der Waals surface area (Å²) >= 11 is 5.84. The molecular formula is C20H23ClN6O. The van der Waals surface area contributed by atoms with Gasteiger partial charge in [0.15, 0.2) is 5.82 Å². The maximum atomic E-state index is 12.0. The van der Waals surface area contributed by atoms with Gasteiger partial charge in [0.2, 0.25) is 5.91 Å². The predicted molar refractivity (Wildman–Crippen MR) is 110 cm³/mol. The molecule has 1 amide bonds. The van der Waals surface area contributed by atoms with Crippen LogP contribution in [-0.4, -0.2) is 39.0 Å². The first kappa shape index (κ1) is 19.8. The molecule has 0 bridgehead atoms. The number of halogens is 1. The molecule has 146 valence electrons. The Labute approximate surface area is 169 Å². The highest BCUT2D eigenvalue weighted by Gasteiger charge is 2.10. The normalized spacial score (nSPS) is 10.7. The fourth-order valence-corrected chi connectivity index (χ4v) is 2.84. The summed E-state index contributed by atoms with van der Waals surface area (Å²) in [5, 5.41) is 19.6.